The van der Waals surface area contributed by atoms with Gasteiger partial charge in [0.15, 0.2) is 5.82 Å². The Morgan fingerprint density at radius 1 is 1.39 bits per heavy atom. The van der Waals surface area contributed by atoms with Gasteiger partial charge in [0.1, 0.15) is 17.7 Å². The van der Waals surface area contributed by atoms with Crippen LogP contribution < -0.4 is 4.90 Å². The van der Waals surface area contributed by atoms with Crippen LogP contribution in [0, 0.1) is 25.2 Å². The third kappa shape index (κ3) is 3.17. The molecule has 2 atom stereocenters. The van der Waals surface area contributed by atoms with E-state index in [4.69, 9.17) is 4.74 Å². The molecule has 120 valence electrons. The van der Waals surface area contributed by atoms with E-state index in [1.54, 1.807) is 6.07 Å². The molecule has 23 heavy (non-hydrogen) atoms. The van der Waals surface area contributed by atoms with Crippen molar-refractivity contribution in [3.8, 4) is 6.07 Å². The molecule has 1 N–H and O–H groups in total. The largest absolute Gasteiger partial charge is 0.376 e. The molecule has 0 saturated carbocycles. The fraction of sp³-hybridized carbons (Fsp3) is 0.500. The van der Waals surface area contributed by atoms with Crippen molar-refractivity contribution in [1.82, 2.24) is 20.2 Å². The summed E-state index contributed by atoms with van der Waals surface area (Å²) in [5.74, 6) is 2.47. The lowest BCUT2D eigenvalue weighted by Gasteiger charge is -2.25. The minimum atomic E-state index is -0.0101. The number of rotatable bonds is 4. The predicted octanol–water partition coefficient (Wildman–Crippen LogP) is 1.70. The third-order valence-corrected chi connectivity index (χ3v) is 4.11. The minimum Gasteiger partial charge on any atom is -0.376 e. The first kappa shape index (κ1) is 15.4. The maximum atomic E-state index is 9.28. The lowest BCUT2D eigenvalue weighted by Crippen LogP contribution is -2.33. The van der Waals surface area contributed by atoms with Crippen LogP contribution in [-0.2, 0) is 4.74 Å². The van der Waals surface area contributed by atoms with Crippen molar-refractivity contribution in [2.75, 3.05) is 25.1 Å². The maximum absolute atomic E-state index is 9.28. The molecule has 0 amide bonds. The highest BCUT2D eigenvalue weighted by Gasteiger charge is 2.33. The number of hydrogen-bond donors (Lipinski definition) is 1. The van der Waals surface area contributed by atoms with Crippen LogP contribution in [0.2, 0.25) is 0 Å². The molecule has 0 bridgehead atoms. The number of nitrogens with zero attached hydrogens (tertiary/aromatic N) is 5. The first-order valence-electron chi connectivity index (χ1n) is 7.68. The van der Waals surface area contributed by atoms with Crippen molar-refractivity contribution in [1.29, 1.82) is 5.26 Å². The SMILES string of the molecule is Cc1ccc(C#N)c(N(C)C[C@H]2OCC[C@H]2c2n[nH]c(C)n2)n1. The normalized spacial score (nSPS) is 20.4. The van der Waals surface area contributed by atoms with Crippen LogP contribution in [0.25, 0.3) is 0 Å². The summed E-state index contributed by atoms with van der Waals surface area (Å²) in [5.41, 5.74) is 1.46. The first-order chi connectivity index (χ1) is 11.1. The zero-order chi connectivity index (χ0) is 16.4. The lowest BCUT2D eigenvalue weighted by atomic mass is 10.0. The van der Waals surface area contributed by atoms with Gasteiger partial charge in [0.05, 0.1) is 17.6 Å². The molecule has 1 saturated heterocycles. The highest BCUT2D eigenvalue weighted by molar-refractivity contribution is 5.54. The Kier molecular flexibility index (Phi) is 4.26. The van der Waals surface area contributed by atoms with Gasteiger partial charge >= 0.3 is 0 Å². The Morgan fingerprint density at radius 3 is 2.91 bits per heavy atom. The van der Waals surface area contributed by atoms with E-state index in [0.717, 1.165) is 23.8 Å². The van der Waals surface area contributed by atoms with E-state index >= 15 is 0 Å². The minimum absolute atomic E-state index is 0.0101. The molecule has 0 unspecified atom stereocenters. The number of pyridine rings is 1. The monoisotopic (exact) mass is 312 g/mol. The zero-order valence-electron chi connectivity index (χ0n) is 13.6. The number of anilines is 1. The fourth-order valence-electron chi connectivity index (χ4n) is 2.93. The van der Waals surface area contributed by atoms with Crippen molar-refractivity contribution in [2.24, 2.45) is 0 Å². The van der Waals surface area contributed by atoms with Crippen LogP contribution in [-0.4, -0.2) is 46.5 Å². The Labute approximate surface area is 135 Å². The number of nitriles is 1. The number of H-pyrrole nitrogens is 1. The summed E-state index contributed by atoms with van der Waals surface area (Å²) in [6.45, 7) is 5.15. The molecular formula is C16H20N6O. The predicted molar refractivity (Wildman–Crippen MR) is 85.2 cm³/mol. The van der Waals surface area contributed by atoms with Crippen LogP contribution in [0.1, 0.15) is 35.2 Å². The van der Waals surface area contributed by atoms with Gasteiger partial charge in [0.25, 0.3) is 0 Å². The smallest absolute Gasteiger partial charge is 0.156 e. The van der Waals surface area contributed by atoms with Gasteiger partial charge in [-0.1, -0.05) is 0 Å². The highest BCUT2D eigenvalue weighted by atomic mass is 16.5. The Bertz CT molecular complexity index is 734. The fourth-order valence-corrected chi connectivity index (χ4v) is 2.93. The molecule has 7 nitrogen and oxygen atoms in total. The van der Waals surface area contributed by atoms with Crippen molar-refractivity contribution in [3.63, 3.8) is 0 Å². The van der Waals surface area contributed by atoms with E-state index in [1.165, 1.54) is 0 Å². The van der Waals surface area contributed by atoms with E-state index in [-0.39, 0.29) is 12.0 Å². The molecule has 3 heterocycles. The topological polar surface area (TPSA) is 90.7 Å². The highest BCUT2D eigenvalue weighted by Crippen LogP contribution is 2.30. The van der Waals surface area contributed by atoms with Crippen LogP contribution in [0.3, 0.4) is 0 Å². The average Bonchev–Trinajstić information content (AvgIpc) is 3.15. The number of hydrogen-bond acceptors (Lipinski definition) is 6. The van der Waals surface area contributed by atoms with E-state index < -0.39 is 0 Å². The molecule has 0 spiro atoms. The number of ether oxygens (including phenoxy) is 1. The quantitative estimate of drug-likeness (QED) is 0.924. The van der Waals surface area contributed by atoms with Gasteiger partial charge in [-0.15, -0.1) is 0 Å². The van der Waals surface area contributed by atoms with Crippen LogP contribution in [0.15, 0.2) is 12.1 Å². The third-order valence-electron chi connectivity index (χ3n) is 4.11. The summed E-state index contributed by atoms with van der Waals surface area (Å²) in [5, 5.41) is 16.4. The summed E-state index contributed by atoms with van der Waals surface area (Å²) in [4.78, 5) is 10.9. The second-order valence-electron chi connectivity index (χ2n) is 5.90. The number of nitrogens with one attached hydrogen (secondary N) is 1. The van der Waals surface area contributed by atoms with E-state index in [1.807, 2.05) is 31.9 Å². The molecule has 1 aliphatic rings. The maximum Gasteiger partial charge on any atom is 0.156 e. The molecule has 1 aliphatic heterocycles. The summed E-state index contributed by atoms with van der Waals surface area (Å²) < 4.78 is 5.88. The van der Waals surface area contributed by atoms with E-state index in [2.05, 4.69) is 26.2 Å². The first-order valence-corrected chi connectivity index (χ1v) is 7.68. The van der Waals surface area contributed by atoms with Crippen LogP contribution >= 0.6 is 0 Å². The summed E-state index contributed by atoms with van der Waals surface area (Å²) in [6.07, 6.45) is 0.895. The second kappa shape index (κ2) is 6.34. The van der Waals surface area contributed by atoms with Crippen molar-refractivity contribution >= 4 is 5.82 Å². The number of aromatic nitrogens is 4. The molecule has 0 aromatic carbocycles. The summed E-state index contributed by atoms with van der Waals surface area (Å²) >= 11 is 0. The van der Waals surface area contributed by atoms with Gasteiger partial charge in [-0.2, -0.15) is 10.4 Å². The zero-order valence-corrected chi connectivity index (χ0v) is 13.6. The van der Waals surface area contributed by atoms with Gasteiger partial charge in [-0.05, 0) is 32.4 Å². The molecule has 0 aliphatic carbocycles. The van der Waals surface area contributed by atoms with Crippen molar-refractivity contribution in [3.05, 3.63) is 35.0 Å². The molecule has 2 aromatic rings. The Hall–Kier alpha value is -2.46. The standard InChI is InChI=1S/C16H20N6O/c1-10-4-5-12(8-17)16(18-10)22(3)9-14-13(6-7-23-14)15-19-11(2)20-21-15/h4-5,13-14H,6-7,9H2,1-3H3,(H,19,20,21)/t13-,14-/m1/s1. The molecule has 0 radical (unpaired) electrons. The molecule has 3 rings (SSSR count). The average molecular weight is 312 g/mol. The lowest BCUT2D eigenvalue weighted by molar-refractivity contribution is 0.108. The van der Waals surface area contributed by atoms with Crippen LogP contribution in [0.5, 0.6) is 0 Å². The van der Waals surface area contributed by atoms with Gasteiger partial charge in [-0.3, -0.25) is 5.10 Å². The number of likely N-dealkylation sites (N-methyl/N-ethyl adjacent to an activating group) is 1. The van der Waals surface area contributed by atoms with Crippen molar-refractivity contribution in [2.45, 2.75) is 32.3 Å². The van der Waals surface area contributed by atoms with Gasteiger partial charge in [-0.25, -0.2) is 9.97 Å². The molecule has 7 heteroatoms. The molecule has 1 fully saturated rings. The molecule has 2 aromatic heterocycles. The van der Waals surface area contributed by atoms with E-state index in [9.17, 15) is 5.26 Å². The Balaban J connectivity index is 1.78. The summed E-state index contributed by atoms with van der Waals surface area (Å²) in [6, 6.07) is 5.85. The summed E-state index contributed by atoms with van der Waals surface area (Å²) in [7, 11) is 1.94. The molecular weight excluding hydrogens is 292 g/mol. The Morgan fingerprint density at radius 2 is 2.22 bits per heavy atom. The number of aryl methyl sites for hydroxylation is 2. The van der Waals surface area contributed by atoms with Gasteiger partial charge < -0.3 is 9.64 Å². The van der Waals surface area contributed by atoms with E-state index in [0.29, 0.717) is 24.5 Å². The van der Waals surface area contributed by atoms with Gasteiger partial charge in [0.2, 0.25) is 0 Å². The van der Waals surface area contributed by atoms with Gasteiger partial charge in [0, 0.05) is 25.9 Å². The van der Waals surface area contributed by atoms with Crippen LogP contribution in [0.4, 0.5) is 5.82 Å². The number of aromatic amines is 1. The second-order valence-corrected chi connectivity index (χ2v) is 5.90. The van der Waals surface area contributed by atoms with Crippen molar-refractivity contribution < 1.29 is 4.74 Å².